The number of nitrogens with one attached hydrogen (secondary N) is 1. The molecule has 0 saturated carbocycles. The predicted molar refractivity (Wildman–Crippen MR) is 139 cm³/mol. The highest BCUT2D eigenvalue weighted by atomic mass is 16.3. The molecule has 0 spiro atoms. The number of hydrogen-bond acceptors (Lipinski definition) is 7. The Bertz CT molecular complexity index is 1200. The van der Waals surface area contributed by atoms with E-state index in [1.807, 2.05) is 25.1 Å². The zero-order valence-electron chi connectivity index (χ0n) is 21.2. The van der Waals surface area contributed by atoms with Crippen LogP contribution >= 0.6 is 0 Å². The van der Waals surface area contributed by atoms with Gasteiger partial charge in [-0.15, -0.1) is 10.2 Å². The van der Waals surface area contributed by atoms with Gasteiger partial charge in [-0.25, -0.2) is 0 Å². The summed E-state index contributed by atoms with van der Waals surface area (Å²) in [5, 5.41) is 24.7. The average Bonchev–Trinajstić information content (AvgIpc) is 2.69. The molecule has 2 N–H and O–H groups in total. The largest absolute Gasteiger partial charge is 0.507 e. The van der Waals surface area contributed by atoms with E-state index in [4.69, 9.17) is 0 Å². The van der Waals surface area contributed by atoms with Gasteiger partial charge in [0.1, 0.15) is 5.75 Å². The van der Waals surface area contributed by atoms with E-state index >= 15 is 0 Å². The lowest BCUT2D eigenvalue weighted by atomic mass is 9.79. The first-order valence-corrected chi connectivity index (χ1v) is 12.3. The van der Waals surface area contributed by atoms with Gasteiger partial charge in [0.2, 0.25) is 0 Å². The van der Waals surface area contributed by atoms with Gasteiger partial charge in [-0.05, 0) is 78.1 Å². The van der Waals surface area contributed by atoms with Gasteiger partial charge in [0.05, 0.1) is 11.2 Å². The molecule has 2 saturated heterocycles. The highest BCUT2D eigenvalue weighted by molar-refractivity contribution is 5.97. The Hall–Kier alpha value is -2.93. The van der Waals surface area contributed by atoms with Crippen molar-refractivity contribution in [1.82, 2.24) is 20.5 Å². The Balaban J connectivity index is 1.46. The molecule has 0 bridgehead atoms. The summed E-state index contributed by atoms with van der Waals surface area (Å²) in [6.45, 7) is 13.2. The number of aryl methyl sites for hydroxylation is 1. The second kappa shape index (κ2) is 8.08. The van der Waals surface area contributed by atoms with E-state index in [1.54, 1.807) is 6.07 Å². The molecule has 7 heteroatoms. The van der Waals surface area contributed by atoms with Crippen molar-refractivity contribution in [3.05, 3.63) is 36.0 Å². The fourth-order valence-corrected chi connectivity index (χ4v) is 5.78. The Kier molecular flexibility index (Phi) is 5.43. The molecular formula is C27H36N6O. The standard InChI is InChI=1S/C27H36N6O/c1-17-12-23(33-10-7-11-33)19-13-20(24(34)14-22(19)28-17)21-8-9-25(30-29-21)32(6)18-15-26(2,3)31-27(4,5)16-18/h8-9,12-14,18,31,34H,7,10-11,15-16H2,1-6H3. The van der Waals surface area contributed by atoms with Crippen molar-refractivity contribution in [3.63, 3.8) is 0 Å². The van der Waals surface area contributed by atoms with Gasteiger partial charge in [-0.2, -0.15) is 0 Å². The lowest BCUT2D eigenvalue weighted by Crippen LogP contribution is -2.62. The number of hydrogen-bond donors (Lipinski definition) is 2. The minimum Gasteiger partial charge on any atom is -0.507 e. The van der Waals surface area contributed by atoms with Crippen molar-refractivity contribution in [2.24, 2.45) is 0 Å². The van der Waals surface area contributed by atoms with E-state index in [-0.39, 0.29) is 16.8 Å². The number of phenolic OH excluding ortho intramolecular Hbond substituents is 1. The normalized spacial score (nSPS) is 19.8. The first-order chi connectivity index (χ1) is 16.0. The Labute approximate surface area is 202 Å². The number of benzene rings is 1. The van der Waals surface area contributed by atoms with Crippen molar-refractivity contribution in [1.29, 1.82) is 0 Å². The van der Waals surface area contributed by atoms with Crippen molar-refractivity contribution in [3.8, 4) is 17.0 Å². The van der Waals surface area contributed by atoms with E-state index < -0.39 is 0 Å². The number of rotatable bonds is 4. The van der Waals surface area contributed by atoms with Gasteiger partial charge in [0.15, 0.2) is 5.82 Å². The molecule has 34 heavy (non-hydrogen) atoms. The maximum Gasteiger partial charge on any atom is 0.151 e. The molecule has 180 valence electrons. The topological polar surface area (TPSA) is 77.4 Å². The van der Waals surface area contributed by atoms with Crippen LogP contribution in [0.25, 0.3) is 22.2 Å². The summed E-state index contributed by atoms with van der Waals surface area (Å²) in [6.07, 6.45) is 3.28. The number of piperidine rings is 1. The van der Waals surface area contributed by atoms with E-state index in [9.17, 15) is 5.11 Å². The summed E-state index contributed by atoms with van der Waals surface area (Å²) in [7, 11) is 2.10. The van der Waals surface area contributed by atoms with E-state index in [2.05, 4.69) is 71.1 Å². The zero-order valence-corrected chi connectivity index (χ0v) is 21.2. The van der Waals surface area contributed by atoms with Crippen LogP contribution in [0.4, 0.5) is 11.5 Å². The van der Waals surface area contributed by atoms with Gasteiger partial charge in [-0.1, -0.05) is 0 Å². The molecule has 3 aromatic rings. The monoisotopic (exact) mass is 460 g/mol. The molecule has 5 rings (SSSR count). The average molecular weight is 461 g/mol. The van der Waals surface area contributed by atoms with Crippen LogP contribution in [0.3, 0.4) is 0 Å². The summed E-state index contributed by atoms with van der Waals surface area (Å²) in [5.74, 6) is 1.03. The van der Waals surface area contributed by atoms with Gasteiger partial charge in [0, 0.05) is 65.7 Å². The van der Waals surface area contributed by atoms with Crippen molar-refractivity contribution in [2.45, 2.75) is 71.0 Å². The summed E-state index contributed by atoms with van der Waals surface area (Å²) >= 11 is 0. The summed E-state index contributed by atoms with van der Waals surface area (Å²) in [5.41, 5.74) is 4.41. The highest BCUT2D eigenvalue weighted by Gasteiger charge is 2.39. The fraction of sp³-hybridized carbons (Fsp3) is 0.519. The Morgan fingerprint density at radius 1 is 1.03 bits per heavy atom. The van der Waals surface area contributed by atoms with Crippen LogP contribution in [-0.4, -0.2) is 57.5 Å². The minimum atomic E-state index is 0.0610. The number of aromatic nitrogens is 3. The van der Waals surface area contributed by atoms with Crippen LogP contribution in [-0.2, 0) is 0 Å². The van der Waals surface area contributed by atoms with Crippen LogP contribution in [0.15, 0.2) is 30.3 Å². The third-order valence-corrected chi connectivity index (χ3v) is 7.23. The lowest BCUT2D eigenvalue weighted by Gasteiger charge is -2.49. The lowest BCUT2D eigenvalue weighted by molar-refractivity contribution is 0.160. The van der Waals surface area contributed by atoms with Gasteiger partial charge >= 0.3 is 0 Å². The van der Waals surface area contributed by atoms with Crippen LogP contribution in [0, 0.1) is 6.92 Å². The second-order valence-corrected chi connectivity index (χ2v) is 11.4. The van der Waals surface area contributed by atoms with E-state index in [0.717, 1.165) is 48.3 Å². The summed E-state index contributed by atoms with van der Waals surface area (Å²) < 4.78 is 0. The Morgan fingerprint density at radius 3 is 2.32 bits per heavy atom. The zero-order chi connectivity index (χ0) is 24.3. The highest BCUT2D eigenvalue weighted by Crippen LogP contribution is 2.38. The van der Waals surface area contributed by atoms with Crippen molar-refractivity contribution in [2.75, 3.05) is 29.9 Å². The van der Waals surface area contributed by atoms with E-state index in [1.165, 1.54) is 12.1 Å². The molecule has 1 aromatic carbocycles. The molecular weight excluding hydrogens is 424 g/mol. The molecule has 2 aliphatic rings. The van der Waals surface area contributed by atoms with Gasteiger partial charge in [-0.3, -0.25) is 4.98 Å². The minimum absolute atomic E-state index is 0.0610. The fourth-order valence-electron chi connectivity index (χ4n) is 5.78. The number of phenols is 1. The van der Waals surface area contributed by atoms with E-state index in [0.29, 0.717) is 17.3 Å². The number of anilines is 2. The molecule has 4 heterocycles. The molecule has 0 atom stereocenters. The van der Waals surface area contributed by atoms with Crippen LogP contribution in [0.2, 0.25) is 0 Å². The molecule has 7 nitrogen and oxygen atoms in total. The maximum atomic E-state index is 10.8. The van der Waals surface area contributed by atoms with Gasteiger partial charge in [0.25, 0.3) is 0 Å². The third-order valence-electron chi connectivity index (χ3n) is 7.23. The van der Waals surface area contributed by atoms with Crippen molar-refractivity contribution >= 4 is 22.4 Å². The molecule has 0 unspecified atom stereocenters. The molecule has 0 amide bonds. The summed E-state index contributed by atoms with van der Waals surface area (Å²) in [4.78, 5) is 9.26. The Morgan fingerprint density at radius 2 is 1.74 bits per heavy atom. The van der Waals surface area contributed by atoms with Crippen molar-refractivity contribution < 1.29 is 5.11 Å². The quantitative estimate of drug-likeness (QED) is 0.586. The molecule has 0 aliphatic carbocycles. The molecule has 2 aromatic heterocycles. The van der Waals surface area contributed by atoms with Crippen LogP contribution < -0.4 is 15.1 Å². The maximum absolute atomic E-state index is 10.8. The van der Waals surface area contributed by atoms with Crippen LogP contribution in [0.1, 0.15) is 52.7 Å². The second-order valence-electron chi connectivity index (χ2n) is 11.4. The first kappa shape index (κ1) is 22.8. The number of aromatic hydroxyl groups is 1. The van der Waals surface area contributed by atoms with Crippen LogP contribution in [0.5, 0.6) is 5.75 Å². The summed E-state index contributed by atoms with van der Waals surface area (Å²) in [6, 6.07) is 10.2. The number of pyridine rings is 1. The molecule has 2 aliphatic heterocycles. The third kappa shape index (κ3) is 4.29. The first-order valence-electron chi connectivity index (χ1n) is 12.3. The van der Waals surface area contributed by atoms with Gasteiger partial charge < -0.3 is 20.2 Å². The molecule has 2 fully saturated rings. The number of fused-ring (bicyclic) bond motifs is 1. The number of nitrogens with zero attached hydrogens (tertiary/aromatic N) is 5. The molecule has 0 radical (unpaired) electrons. The predicted octanol–water partition coefficient (Wildman–Crippen LogP) is 4.66. The SMILES string of the molecule is Cc1cc(N2CCC2)c2cc(-c3ccc(N(C)C4CC(C)(C)NC(C)(C)C4)nn3)c(O)cc2n1. The smallest absolute Gasteiger partial charge is 0.151 e.